The van der Waals surface area contributed by atoms with E-state index in [0.717, 1.165) is 31.7 Å². The molecule has 5 heteroatoms. The Morgan fingerprint density at radius 2 is 2.22 bits per heavy atom. The van der Waals surface area contributed by atoms with Gasteiger partial charge in [-0.1, -0.05) is 23.9 Å². The summed E-state index contributed by atoms with van der Waals surface area (Å²) in [7, 11) is 1.95. The lowest BCUT2D eigenvalue weighted by Crippen LogP contribution is -2.24. The van der Waals surface area contributed by atoms with Crippen molar-refractivity contribution in [3.63, 3.8) is 0 Å². The first kappa shape index (κ1) is 13.6. The number of nitrogens with one attached hydrogen (secondary N) is 1. The van der Waals surface area contributed by atoms with Crippen LogP contribution in [0, 0.1) is 5.92 Å². The van der Waals surface area contributed by atoms with Gasteiger partial charge in [-0.15, -0.1) is 0 Å². The van der Waals surface area contributed by atoms with Crippen molar-refractivity contribution < 1.29 is 8.78 Å². The lowest BCUT2D eigenvalue weighted by molar-refractivity contribution is 0.252. The molecule has 0 aromatic heterocycles. The minimum absolute atomic E-state index is 0.611. The van der Waals surface area contributed by atoms with Gasteiger partial charge in [0.25, 0.3) is 5.76 Å². The molecule has 0 aliphatic carbocycles. The average Bonchev–Trinajstić information content (AvgIpc) is 2.78. The van der Waals surface area contributed by atoms with Crippen LogP contribution in [0.25, 0.3) is 0 Å². The Hall–Kier alpha value is -0.810. The van der Waals surface area contributed by atoms with Gasteiger partial charge in [0.15, 0.2) is 0 Å². The monoisotopic (exact) mass is 272 g/mol. The average molecular weight is 272 g/mol. The highest BCUT2D eigenvalue weighted by molar-refractivity contribution is 7.99. The molecule has 0 saturated carbocycles. The molecule has 1 fully saturated rings. The van der Waals surface area contributed by atoms with Gasteiger partial charge in [0.05, 0.1) is 5.69 Å². The van der Waals surface area contributed by atoms with Crippen molar-refractivity contribution in [2.24, 2.45) is 5.92 Å². The second-order valence-electron chi connectivity index (χ2n) is 4.50. The fourth-order valence-electron chi connectivity index (χ4n) is 2.42. The van der Waals surface area contributed by atoms with Crippen molar-refractivity contribution in [2.75, 3.05) is 31.6 Å². The van der Waals surface area contributed by atoms with E-state index in [1.807, 2.05) is 25.2 Å². The van der Waals surface area contributed by atoms with Gasteiger partial charge in [0.1, 0.15) is 0 Å². The van der Waals surface area contributed by atoms with E-state index in [9.17, 15) is 8.78 Å². The molecule has 0 bridgehead atoms. The number of benzene rings is 1. The maximum absolute atomic E-state index is 12.5. The normalized spacial score (nSPS) is 19.8. The molecule has 18 heavy (non-hydrogen) atoms. The van der Waals surface area contributed by atoms with Crippen molar-refractivity contribution in [2.45, 2.75) is 17.1 Å². The Balaban J connectivity index is 2.09. The Bertz CT molecular complexity index is 387. The van der Waals surface area contributed by atoms with Gasteiger partial charge < -0.3 is 10.2 Å². The summed E-state index contributed by atoms with van der Waals surface area (Å²) in [4.78, 5) is 2.89. The van der Waals surface area contributed by atoms with Crippen LogP contribution in [-0.2, 0) is 0 Å². The fourth-order valence-corrected chi connectivity index (χ4v) is 3.09. The molecule has 1 unspecified atom stereocenters. The number of hydrogen-bond donors (Lipinski definition) is 1. The molecule has 1 saturated heterocycles. The lowest BCUT2D eigenvalue weighted by atomic mass is 10.1. The topological polar surface area (TPSA) is 15.3 Å². The Morgan fingerprint density at radius 3 is 2.94 bits per heavy atom. The molecule has 0 radical (unpaired) electrons. The van der Waals surface area contributed by atoms with E-state index in [1.54, 1.807) is 6.07 Å². The molecule has 2 rings (SSSR count). The van der Waals surface area contributed by atoms with E-state index >= 15 is 0 Å². The predicted molar refractivity (Wildman–Crippen MR) is 72.5 cm³/mol. The van der Waals surface area contributed by atoms with Gasteiger partial charge >= 0.3 is 0 Å². The molecular formula is C13H18F2N2S. The van der Waals surface area contributed by atoms with Gasteiger partial charge in [-0.05, 0) is 38.1 Å². The minimum Gasteiger partial charge on any atom is -0.370 e. The molecule has 1 atom stereocenters. The molecule has 0 amide bonds. The zero-order valence-electron chi connectivity index (χ0n) is 10.4. The maximum atomic E-state index is 12.5. The quantitative estimate of drug-likeness (QED) is 0.829. The van der Waals surface area contributed by atoms with Crippen LogP contribution in [0.1, 0.15) is 6.42 Å². The van der Waals surface area contributed by atoms with E-state index in [-0.39, 0.29) is 0 Å². The number of halogens is 2. The second-order valence-corrected chi connectivity index (χ2v) is 5.54. The van der Waals surface area contributed by atoms with Gasteiger partial charge in [0.2, 0.25) is 0 Å². The molecule has 1 aliphatic rings. The second kappa shape index (κ2) is 6.38. The molecule has 100 valence electrons. The summed E-state index contributed by atoms with van der Waals surface area (Å²) in [5, 5.41) is 3.18. The van der Waals surface area contributed by atoms with Crippen LogP contribution in [0.3, 0.4) is 0 Å². The van der Waals surface area contributed by atoms with Crippen LogP contribution in [-0.4, -0.2) is 32.4 Å². The van der Waals surface area contributed by atoms with Crippen LogP contribution in [0.2, 0.25) is 0 Å². The number of anilines is 1. The summed E-state index contributed by atoms with van der Waals surface area (Å²) in [5.41, 5.74) is 0.946. The first-order valence-electron chi connectivity index (χ1n) is 6.14. The Kier molecular flexibility index (Phi) is 4.83. The highest BCUT2D eigenvalue weighted by Gasteiger charge is 2.24. The van der Waals surface area contributed by atoms with Crippen molar-refractivity contribution in [1.29, 1.82) is 0 Å². The van der Waals surface area contributed by atoms with Crippen LogP contribution < -0.4 is 10.2 Å². The standard InChI is InChI=1S/C13H18F2N2S/c1-16-8-10-6-7-17(9-10)11-4-2-3-5-12(11)18-13(14)15/h2-5,10,13,16H,6-9H2,1H3. The van der Waals surface area contributed by atoms with Crippen molar-refractivity contribution >= 4 is 17.4 Å². The fraction of sp³-hybridized carbons (Fsp3) is 0.538. The molecule has 1 N–H and O–H groups in total. The third kappa shape index (κ3) is 3.36. The molecule has 1 aliphatic heterocycles. The Morgan fingerprint density at radius 1 is 1.44 bits per heavy atom. The van der Waals surface area contributed by atoms with Crippen molar-refractivity contribution in [3.05, 3.63) is 24.3 Å². The van der Waals surface area contributed by atoms with Crippen LogP contribution in [0.4, 0.5) is 14.5 Å². The summed E-state index contributed by atoms with van der Waals surface area (Å²) in [6, 6.07) is 7.44. The third-order valence-electron chi connectivity index (χ3n) is 3.20. The van der Waals surface area contributed by atoms with Gasteiger partial charge in [-0.2, -0.15) is 8.78 Å². The van der Waals surface area contributed by atoms with E-state index in [4.69, 9.17) is 0 Å². The van der Waals surface area contributed by atoms with Gasteiger partial charge in [0, 0.05) is 18.0 Å². The van der Waals surface area contributed by atoms with E-state index in [2.05, 4.69) is 10.2 Å². The highest BCUT2D eigenvalue weighted by atomic mass is 32.2. The molecule has 2 nitrogen and oxygen atoms in total. The van der Waals surface area contributed by atoms with Crippen molar-refractivity contribution in [3.8, 4) is 0 Å². The largest absolute Gasteiger partial charge is 0.370 e. The number of hydrogen-bond acceptors (Lipinski definition) is 3. The molecular weight excluding hydrogens is 254 g/mol. The van der Waals surface area contributed by atoms with Gasteiger partial charge in [-0.25, -0.2) is 0 Å². The summed E-state index contributed by atoms with van der Waals surface area (Å²) in [6.07, 6.45) is 1.12. The Labute approximate surface area is 111 Å². The number of para-hydroxylation sites is 1. The SMILES string of the molecule is CNCC1CCN(c2ccccc2SC(F)F)C1. The third-order valence-corrected chi connectivity index (χ3v) is 3.98. The zero-order valence-corrected chi connectivity index (χ0v) is 11.2. The summed E-state index contributed by atoms with van der Waals surface area (Å²) in [6.45, 7) is 2.88. The maximum Gasteiger partial charge on any atom is 0.288 e. The van der Waals surface area contributed by atoms with Gasteiger partial charge in [-0.3, -0.25) is 0 Å². The number of thioether (sulfide) groups is 1. The van der Waals surface area contributed by atoms with E-state index < -0.39 is 5.76 Å². The van der Waals surface area contributed by atoms with E-state index in [0.29, 0.717) is 22.6 Å². The summed E-state index contributed by atoms with van der Waals surface area (Å²) >= 11 is 0.636. The number of rotatable bonds is 5. The minimum atomic E-state index is -2.36. The zero-order chi connectivity index (χ0) is 13.0. The summed E-state index contributed by atoms with van der Waals surface area (Å²) in [5.74, 6) is -1.75. The molecule has 1 heterocycles. The predicted octanol–water partition coefficient (Wildman–Crippen LogP) is 3.05. The van der Waals surface area contributed by atoms with Crippen LogP contribution >= 0.6 is 11.8 Å². The molecule has 1 aromatic rings. The van der Waals surface area contributed by atoms with Crippen molar-refractivity contribution in [1.82, 2.24) is 5.32 Å². The van der Waals surface area contributed by atoms with Crippen LogP contribution in [0.15, 0.2) is 29.2 Å². The molecule has 1 aromatic carbocycles. The van der Waals surface area contributed by atoms with E-state index in [1.165, 1.54) is 0 Å². The smallest absolute Gasteiger partial charge is 0.288 e. The number of alkyl halides is 2. The summed E-state index contributed by atoms with van der Waals surface area (Å²) < 4.78 is 25.0. The van der Waals surface area contributed by atoms with Crippen LogP contribution in [0.5, 0.6) is 0 Å². The first-order valence-corrected chi connectivity index (χ1v) is 7.02. The first-order chi connectivity index (χ1) is 8.70. The number of nitrogens with zero attached hydrogens (tertiary/aromatic N) is 1. The highest BCUT2D eigenvalue weighted by Crippen LogP contribution is 2.36. The lowest BCUT2D eigenvalue weighted by Gasteiger charge is -2.21. The molecule has 0 spiro atoms.